The molecule has 0 aromatic heterocycles. The van der Waals surface area contributed by atoms with Crippen LogP contribution in [0.2, 0.25) is 0 Å². The first-order valence-electron chi connectivity index (χ1n) is 6.34. The van der Waals surface area contributed by atoms with Crippen molar-refractivity contribution < 1.29 is 9.90 Å². The molecular weight excluding hydrogens is 266 g/mol. The van der Waals surface area contributed by atoms with Crippen molar-refractivity contribution in [2.45, 2.75) is 13.0 Å². The molecule has 0 aliphatic carbocycles. The fourth-order valence-electron chi connectivity index (χ4n) is 2.10. The molecule has 3 N–H and O–H groups in total. The molecule has 0 aliphatic rings. The van der Waals surface area contributed by atoms with Crippen molar-refractivity contribution >= 4 is 17.3 Å². The predicted molar refractivity (Wildman–Crippen MR) is 78.1 cm³/mol. The Labute approximate surface area is 122 Å². The minimum Gasteiger partial charge on any atom is -0.548 e. The summed E-state index contributed by atoms with van der Waals surface area (Å²) in [4.78, 5) is 11.4. The highest BCUT2D eigenvalue weighted by molar-refractivity contribution is 5.78. The molecule has 5 nitrogen and oxygen atoms in total. The summed E-state index contributed by atoms with van der Waals surface area (Å²) in [5.74, 6) is -1.25. The molecule has 21 heavy (non-hydrogen) atoms. The summed E-state index contributed by atoms with van der Waals surface area (Å²) >= 11 is 0. The zero-order valence-corrected chi connectivity index (χ0v) is 11.5. The van der Waals surface area contributed by atoms with Crippen LogP contribution in [-0.4, -0.2) is 5.97 Å². The molecule has 2 rings (SSSR count). The minimum atomic E-state index is -1.25. The van der Waals surface area contributed by atoms with E-state index in [1.54, 1.807) is 42.5 Å². The SMILES string of the molecule is Cc1cc(N)cc(C(Nc2ccc(C#N)cc2)C(=O)[O-])c1. The first-order valence-corrected chi connectivity index (χ1v) is 6.34. The third-order valence-electron chi connectivity index (χ3n) is 3.02. The molecule has 0 bridgehead atoms. The summed E-state index contributed by atoms with van der Waals surface area (Å²) in [6.07, 6.45) is 0. The zero-order chi connectivity index (χ0) is 15.4. The molecule has 2 aromatic rings. The van der Waals surface area contributed by atoms with Gasteiger partial charge in [0.1, 0.15) is 0 Å². The molecule has 0 saturated heterocycles. The molecule has 0 aliphatic heterocycles. The second-order valence-corrected chi connectivity index (χ2v) is 4.76. The number of carbonyl (C=O) groups is 1. The normalized spacial score (nSPS) is 11.4. The average Bonchev–Trinajstić information content (AvgIpc) is 2.44. The molecule has 5 heteroatoms. The van der Waals surface area contributed by atoms with E-state index in [1.165, 1.54) is 0 Å². The van der Waals surface area contributed by atoms with Gasteiger partial charge in [-0.3, -0.25) is 0 Å². The van der Waals surface area contributed by atoms with E-state index < -0.39 is 12.0 Å². The molecule has 0 radical (unpaired) electrons. The number of anilines is 2. The van der Waals surface area contributed by atoms with Gasteiger partial charge in [-0.1, -0.05) is 6.07 Å². The number of hydrogen-bond donors (Lipinski definition) is 2. The van der Waals surface area contributed by atoms with Gasteiger partial charge in [0.25, 0.3) is 0 Å². The van der Waals surface area contributed by atoms with Crippen LogP contribution in [0.4, 0.5) is 11.4 Å². The van der Waals surface area contributed by atoms with Crippen molar-refractivity contribution in [2.75, 3.05) is 11.1 Å². The van der Waals surface area contributed by atoms with Crippen LogP contribution in [0, 0.1) is 18.3 Å². The average molecular weight is 280 g/mol. The maximum Gasteiger partial charge on any atom is 0.0991 e. The van der Waals surface area contributed by atoms with Gasteiger partial charge in [0.15, 0.2) is 0 Å². The monoisotopic (exact) mass is 280 g/mol. The molecule has 0 fully saturated rings. The van der Waals surface area contributed by atoms with Crippen molar-refractivity contribution in [3.05, 3.63) is 59.2 Å². The number of nitrogens with one attached hydrogen (secondary N) is 1. The summed E-state index contributed by atoms with van der Waals surface area (Å²) < 4.78 is 0. The number of nitriles is 1. The molecule has 0 heterocycles. The zero-order valence-electron chi connectivity index (χ0n) is 11.5. The van der Waals surface area contributed by atoms with E-state index in [0.29, 0.717) is 22.5 Å². The molecule has 106 valence electrons. The summed E-state index contributed by atoms with van der Waals surface area (Å²) in [5.41, 5.74) is 8.74. The van der Waals surface area contributed by atoms with Crippen LogP contribution in [0.1, 0.15) is 22.7 Å². The highest BCUT2D eigenvalue weighted by atomic mass is 16.4. The topological polar surface area (TPSA) is 102 Å². The fourth-order valence-corrected chi connectivity index (χ4v) is 2.10. The Bertz CT molecular complexity index is 682. The van der Waals surface area contributed by atoms with Crippen LogP contribution in [0.5, 0.6) is 0 Å². The van der Waals surface area contributed by atoms with E-state index in [4.69, 9.17) is 11.0 Å². The number of carbonyl (C=O) groups excluding carboxylic acids is 1. The number of carboxylic acid groups (broad SMARTS) is 1. The Hall–Kier alpha value is -3.00. The van der Waals surface area contributed by atoms with E-state index in [2.05, 4.69) is 5.32 Å². The first kappa shape index (κ1) is 14.4. The third kappa shape index (κ3) is 3.51. The summed E-state index contributed by atoms with van der Waals surface area (Å²) in [5, 5.41) is 23.0. The lowest BCUT2D eigenvalue weighted by molar-refractivity contribution is -0.307. The van der Waals surface area contributed by atoms with Gasteiger partial charge in [-0.05, 0) is 54.4 Å². The molecule has 0 saturated carbocycles. The smallest absolute Gasteiger partial charge is 0.0991 e. The highest BCUT2D eigenvalue weighted by Crippen LogP contribution is 2.23. The second-order valence-electron chi connectivity index (χ2n) is 4.76. The van der Waals surface area contributed by atoms with Gasteiger partial charge in [0, 0.05) is 11.4 Å². The largest absolute Gasteiger partial charge is 0.548 e. The van der Waals surface area contributed by atoms with Crippen LogP contribution in [-0.2, 0) is 4.79 Å². The number of nitrogens with two attached hydrogens (primary N) is 1. The van der Waals surface area contributed by atoms with Gasteiger partial charge in [0.05, 0.1) is 23.6 Å². The number of aryl methyl sites for hydroxylation is 1. The van der Waals surface area contributed by atoms with E-state index >= 15 is 0 Å². The van der Waals surface area contributed by atoms with Gasteiger partial charge >= 0.3 is 0 Å². The predicted octanol–water partition coefficient (Wildman–Crippen LogP) is 1.35. The molecule has 0 spiro atoms. The van der Waals surface area contributed by atoms with Crippen molar-refractivity contribution in [1.82, 2.24) is 0 Å². The summed E-state index contributed by atoms with van der Waals surface area (Å²) in [7, 11) is 0. The number of hydrogen-bond acceptors (Lipinski definition) is 5. The Morgan fingerprint density at radius 1 is 1.29 bits per heavy atom. The highest BCUT2D eigenvalue weighted by Gasteiger charge is 2.13. The van der Waals surface area contributed by atoms with Crippen LogP contribution >= 0.6 is 0 Å². The van der Waals surface area contributed by atoms with Crippen molar-refractivity contribution in [2.24, 2.45) is 0 Å². The van der Waals surface area contributed by atoms with Crippen LogP contribution in [0.3, 0.4) is 0 Å². The maximum atomic E-state index is 11.4. The van der Waals surface area contributed by atoms with E-state index in [-0.39, 0.29) is 0 Å². The van der Waals surface area contributed by atoms with Gasteiger partial charge < -0.3 is 21.0 Å². The van der Waals surface area contributed by atoms with Crippen LogP contribution < -0.4 is 16.2 Å². The Morgan fingerprint density at radius 3 is 2.48 bits per heavy atom. The van der Waals surface area contributed by atoms with E-state index in [9.17, 15) is 9.90 Å². The van der Waals surface area contributed by atoms with Crippen molar-refractivity contribution in [3.8, 4) is 6.07 Å². The quantitative estimate of drug-likeness (QED) is 0.823. The fraction of sp³-hybridized carbons (Fsp3) is 0.125. The van der Waals surface area contributed by atoms with Crippen LogP contribution in [0.15, 0.2) is 42.5 Å². The second kappa shape index (κ2) is 5.97. The Morgan fingerprint density at radius 2 is 1.95 bits per heavy atom. The number of nitrogen functional groups attached to an aromatic ring is 1. The Balaban J connectivity index is 2.30. The minimum absolute atomic E-state index is 0.498. The lowest BCUT2D eigenvalue weighted by Crippen LogP contribution is -2.34. The number of benzene rings is 2. The lowest BCUT2D eigenvalue weighted by Gasteiger charge is -2.22. The van der Waals surface area contributed by atoms with Crippen molar-refractivity contribution in [3.63, 3.8) is 0 Å². The summed E-state index contributed by atoms with van der Waals surface area (Å²) in [6, 6.07) is 12.6. The van der Waals surface area contributed by atoms with Gasteiger partial charge in [-0.15, -0.1) is 0 Å². The molecule has 2 aromatic carbocycles. The Kier molecular flexibility index (Phi) is 4.10. The number of nitrogens with zero attached hydrogens (tertiary/aromatic N) is 1. The number of aliphatic carboxylic acids is 1. The maximum absolute atomic E-state index is 11.4. The van der Waals surface area contributed by atoms with Gasteiger partial charge in [-0.25, -0.2) is 0 Å². The molecule has 1 unspecified atom stereocenters. The summed E-state index contributed by atoms with van der Waals surface area (Å²) in [6.45, 7) is 1.84. The molecular formula is C16H14N3O2-. The first-order chi connectivity index (χ1) is 9.99. The molecule has 0 amide bonds. The van der Waals surface area contributed by atoms with E-state index in [1.807, 2.05) is 13.0 Å². The number of rotatable bonds is 4. The van der Waals surface area contributed by atoms with Gasteiger partial charge in [-0.2, -0.15) is 5.26 Å². The van der Waals surface area contributed by atoms with E-state index in [0.717, 1.165) is 5.56 Å². The van der Waals surface area contributed by atoms with Crippen LogP contribution in [0.25, 0.3) is 0 Å². The molecule has 1 atom stereocenters. The van der Waals surface area contributed by atoms with Crippen molar-refractivity contribution in [1.29, 1.82) is 5.26 Å². The van der Waals surface area contributed by atoms with Gasteiger partial charge in [0.2, 0.25) is 0 Å². The standard InChI is InChI=1S/C16H15N3O2/c1-10-6-12(8-13(18)7-10)15(16(20)21)19-14-4-2-11(9-17)3-5-14/h2-8,15,19H,18H2,1H3,(H,20,21)/p-1. The number of carboxylic acids is 1. The lowest BCUT2D eigenvalue weighted by atomic mass is 10.0. The third-order valence-corrected chi connectivity index (χ3v) is 3.02.